The lowest BCUT2D eigenvalue weighted by atomic mass is 10.1. The van der Waals surface area contributed by atoms with Gasteiger partial charge < -0.3 is 15.0 Å². The maximum absolute atomic E-state index is 14.2. The Bertz CT molecular complexity index is 1660. The van der Waals surface area contributed by atoms with Crippen LogP contribution in [0, 0.1) is 17.0 Å². The van der Waals surface area contributed by atoms with Gasteiger partial charge in [0.1, 0.15) is 18.3 Å². The fraction of sp³-hybridized carbons (Fsp3) is 0.333. The van der Waals surface area contributed by atoms with Gasteiger partial charge in [-0.1, -0.05) is 45.7 Å². The smallest absolute Gasteiger partial charge is 0.273 e. The van der Waals surface area contributed by atoms with Gasteiger partial charge in [-0.3, -0.25) is 24.0 Å². The van der Waals surface area contributed by atoms with E-state index in [2.05, 4.69) is 21.2 Å². The van der Waals surface area contributed by atoms with E-state index >= 15 is 0 Å². The van der Waals surface area contributed by atoms with Gasteiger partial charge in [-0.25, -0.2) is 8.42 Å². The third kappa shape index (κ3) is 8.48. The lowest BCUT2D eigenvalue weighted by Gasteiger charge is -2.33. The van der Waals surface area contributed by atoms with Crippen molar-refractivity contribution in [1.29, 1.82) is 0 Å². The zero-order valence-corrected chi connectivity index (χ0v) is 28.3. The van der Waals surface area contributed by atoms with Crippen molar-refractivity contribution in [3.63, 3.8) is 0 Å². The number of halogens is 2. The summed E-state index contributed by atoms with van der Waals surface area (Å²) in [5, 5.41) is 14.7. The third-order valence-corrected chi connectivity index (χ3v) is 9.10. The van der Waals surface area contributed by atoms with Gasteiger partial charge in [0.25, 0.3) is 15.7 Å². The van der Waals surface area contributed by atoms with Gasteiger partial charge in [0.2, 0.25) is 11.8 Å². The molecule has 1 N–H and O–H groups in total. The number of ether oxygens (including phenoxy) is 1. The second-order valence-corrected chi connectivity index (χ2v) is 14.3. The van der Waals surface area contributed by atoms with Crippen molar-refractivity contribution >= 4 is 60.7 Å². The zero-order valence-electron chi connectivity index (χ0n) is 25.1. The Kier molecular flexibility index (Phi) is 11.0. The van der Waals surface area contributed by atoms with Crippen LogP contribution in [-0.2, 0) is 26.2 Å². The highest BCUT2D eigenvalue weighted by Gasteiger charge is 2.35. The van der Waals surface area contributed by atoms with Crippen LogP contribution in [0.15, 0.2) is 70.0 Å². The van der Waals surface area contributed by atoms with Gasteiger partial charge in [0.15, 0.2) is 0 Å². The number of anilines is 1. The van der Waals surface area contributed by atoms with Crippen LogP contribution in [0.1, 0.15) is 38.8 Å². The number of nitrogens with one attached hydrogen (secondary N) is 1. The summed E-state index contributed by atoms with van der Waals surface area (Å²) in [6.07, 6.45) is 0. The Morgan fingerprint density at radius 3 is 2.30 bits per heavy atom. The molecule has 0 aliphatic rings. The van der Waals surface area contributed by atoms with Gasteiger partial charge in [-0.05, 0) is 76.6 Å². The van der Waals surface area contributed by atoms with Crippen LogP contribution in [0.2, 0.25) is 5.02 Å². The predicted octanol–water partition coefficient (Wildman–Crippen LogP) is 5.86. The third-order valence-electron chi connectivity index (χ3n) is 6.59. The van der Waals surface area contributed by atoms with Crippen LogP contribution in [0.4, 0.5) is 11.4 Å². The quantitative estimate of drug-likeness (QED) is 0.195. The second kappa shape index (κ2) is 14.0. The molecule has 1 unspecified atom stereocenters. The molecule has 0 heterocycles. The minimum absolute atomic E-state index is 0.0125. The lowest BCUT2D eigenvalue weighted by molar-refractivity contribution is -0.385. The van der Waals surface area contributed by atoms with Gasteiger partial charge in [-0.15, -0.1) is 0 Å². The molecule has 236 valence electrons. The Labute approximate surface area is 270 Å². The van der Waals surface area contributed by atoms with Gasteiger partial charge in [-0.2, -0.15) is 0 Å². The standard InChI is InChI=1S/C30H34BrClN4O7S/c1-19-7-13-24(16-25(19)36(39)40)44(41,42)35(26-15-23(32)12-14-27(26)43-6)18-28(37)34(17-21-8-10-22(31)11-9-21)20(2)29(38)33-30(3,4)5/h7-16,20H,17-18H2,1-6H3,(H,33,38). The average Bonchev–Trinajstić information content (AvgIpc) is 2.94. The van der Waals surface area contributed by atoms with Crippen molar-refractivity contribution in [2.75, 3.05) is 18.0 Å². The largest absolute Gasteiger partial charge is 0.495 e. The van der Waals surface area contributed by atoms with Crippen LogP contribution >= 0.6 is 27.5 Å². The van der Waals surface area contributed by atoms with Crippen molar-refractivity contribution in [2.45, 2.75) is 57.6 Å². The van der Waals surface area contributed by atoms with Crippen molar-refractivity contribution in [1.82, 2.24) is 10.2 Å². The van der Waals surface area contributed by atoms with E-state index in [1.165, 1.54) is 49.3 Å². The number of carbonyl (C=O) groups excluding carboxylic acids is 2. The molecule has 44 heavy (non-hydrogen) atoms. The molecular formula is C30H34BrClN4O7S. The molecule has 0 aliphatic carbocycles. The molecule has 11 nitrogen and oxygen atoms in total. The van der Waals surface area contributed by atoms with E-state index in [1.54, 1.807) is 52.0 Å². The predicted molar refractivity (Wildman–Crippen MR) is 172 cm³/mol. The van der Waals surface area contributed by atoms with E-state index in [1.807, 2.05) is 0 Å². The lowest BCUT2D eigenvalue weighted by Crippen LogP contribution is -2.54. The molecule has 1 atom stereocenters. The van der Waals surface area contributed by atoms with Gasteiger partial charge >= 0.3 is 0 Å². The topological polar surface area (TPSA) is 139 Å². The molecule has 2 amide bonds. The number of amides is 2. The molecule has 0 saturated heterocycles. The molecule has 3 rings (SSSR count). The molecule has 0 radical (unpaired) electrons. The number of nitrogens with zero attached hydrogens (tertiary/aromatic N) is 3. The summed E-state index contributed by atoms with van der Waals surface area (Å²) in [7, 11) is -3.29. The molecule has 0 spiro atoms. The van der Waals surface area contributed by atoms with E-state index in [0.29, 0.717) is 5.56 Å². The first kappa shape index (κ1) is 34.8. The number of hydrogen-bond donors (Lipinski definition) is 1. The average molecular weight is 710 g/mol. The molecule has 0 aromatic heterocycles. The number of hydrogen-bond acceptors (Lipinski definition) is 7. The van der Waals surface area contributed by atoms with Crippen LogP contribution in [0.5, 0.6) is 5.75 Å². The highest BCUT2D eigenvalue weighted by molar-refractivity contribution is 9.10. The summed E-state index contributed by atoms with van der Waals surface area (Å²) in [6.45, 7) is 7.67. The van der Waals surface area contributed by atoms with Crippen LogP contribution in [0.25, 0.3) is 0 Å². The number of nitro benzene ring substituents is 1. The molecule has 14 heteroatoms. The maximum Gasteiger partial charge on any atom is 0.273 e. The highest BCUT2D eigenvalue weighted by Crippen LogP contribution is 2.36. The highest BCUT2D eigenvalue weighted by atomic mass is 79.9. The first-order valence-electron chi connectivity index (χ1n) is 13.4. The molecule has 0 aliphatic heterocycles. The fourth-order valence-corrected chi connectivity index (χ4v) is 6.16. The minimum Gasteiger partial charge on any atom is -0.495 e. The summed E-state index contributed by atoms with van der Waals surface area (Å²) >= 11 is 9.64. The minimum atomic E-state index is -4.62. The van der Waals surface area contributed by atoms with Crippen LogP contribution in [0.3, 0.4) is 0 Å². The van der Waals surface area contributed by atoms with Crippen molar-refractivity contribution in [3.05, 3.63) is 91.4 Å². The maximum atomic E-state index is 14.2. The summed E-state index contributed by atoms with van der Waals surface area (Å²) < 4.78 is 35.4. The molecular weight excluding hydrogens is 676 g/mol. The van der Waals surface area contributed by atoms with E-state index in [4.69, 9.17) is 16.3 Å². The van der Waals surface area contributed by atoms with Crippen molar-refractivity contribution < 1.29 is 27.7 Å². The van der Waals surface area contributed by atoms with E-state index in [0.717, 1.165) is 14.8 Å². The Hall–Kier alpha value is -3.68. The number of methoxy groups -OCH3 is 1. The van der Waals surface area contributed by atoms with Gasteiger partial charge in [0.05, 0.1) is 22.6 Å². The Morgan fingerprint density at radius 2 is 1.73 bits per heavy atom. The Morgan fingerprint density at radius 1 is 1.09 bits per heavy atom. The molecule has 3 aromatic carbocycles. The van der Waals surface area contributed by atoms with Gasteiger partial charge in [0, 0.05) is 33.2 Å². The van der Waals surface area contributed by atoms with Crippen molar-refractivity contribution in [3.8, 4) is 5.75 Å². The number of sulfonamides is 1. The normalized spacial score (nSPS) is 12.3. The van der Waals surface area contributed by atoms with Crippen LogP contribution in [-0.4, -0.2) is 55.3 Å². The summed E-state index contributed by atoms with van der Waals surface area (Å²) in [4.78, 5) is 39.2. The SMILES string of the molecule is COc1ccc(Cl)cc1N(CC(=O)N(Cc1ccc(Br)cc1)C(C)C(=O)NC(C)(C)C)S(=O)(=O)c1ccc(C)c([N+](=O)[O-])c1. The number of nitro groups is 1. The fourth-order valence-electron chi connectivity index (χ4n) is 4.29. The molecule has 0 bridgehead atoms. The molecule has 3 aromatic rings. The monoisotopic (exact) mass is 708 g/mol. The van der Waals surface area contributed by atoms with E-state index in [9.17, 15) is 28.1 Å². The van der Waals surface area contributed by atoms with E-state index < -0.39 is 55.5 Å². The zero-order chi connectivity index (χ0) is 33.0. The molecule has 0 saturated carbocycles. The number of carbonyl (C=O) groups is 2. The summed E-state index contributed by atoms with van der Waals surface area (Å²) in [6, 6.07) is 13.9. The number of aryl methyl sites for hydroxylation is 1. The number of benzene rings is 3. The first-order valence-corrected chi connectivity index (χ1v) is 16.0. The summed E-state index contributed by atoms with van der Waals surface area (Å²) in [5.41, 5.74) is -0.106. The summed E-state index contributed by atoms with van der Waals surface area (Å²) in [5.74, 6) is -1.06. The van der Waals surface area contributed by atoms with Crippen molar-refractivity contribution in [2.24, 2.45) is 0 Å². The van der Waals surface area contributed by atoms with Crippen LogP contribution < -0.4 is 14.4 Å². The first-order chi connectivity index (χ1) is 20.4. The number of rotatable bonds is 11. The molecule has 0 fully saturated rings. The Balaban J connectivity index is 2.16. The van der Waals surface area contributed by atoms with E-state index in [-0.39, 0.29) is 28.6 Å². The second-order valence-electron chi connectivity index (χ2n) is 11.1.